The van der Waals surface area contributed by atoms with Gasteiger partial charge in [-0.15, -0.1) is 0 Å². The molecule has 0 bridgehead atoms. The molecular weight excluding hydrogens is 258 g/mol. The summed E-state index contributed by atoms with van der Waals surface area (Å²) in [5.74, 6) is 0. The van der Waals surface area contributed by atoms with Gasteiger partial charge in [-0.3, -0.25) is 0 Å². The molecule has 0 amide bonds. The van der Waals surface area contributed by atoms with Crippen LogP contribution in [0.15, 0.2) is 24.3 Å². The van der Waals surface area contributed by atoms with Crippen molar-refractivity contribution in [3.8, 4) is 6.07 Å². The third-order valence-electron chi connectivity index (χ3n) is 2.17. The van der Waals surface area contributed by atoms with E-state index in [0.717, 1.165) is 5.56 Å². The van der Waals surface area contributed by atoms with E-state index >= 15 is 0 Å². The predicted octanol–water partition coefficient (Wildman–Crippen LogP) is 1.54. The van der Waals surface area contributed by atoms with Crippen molar-refractivity contribution < 1.29 is 10.2 Å². The van der Waals surface area contributed by atoms with Crippen LogP contribution in [-0.2, 0) is 6.42 Å². The summed E-state index contributed by atoms with van der Waals surface area (Å²) < 4.78 is 0. The summed E-state index contributed by atoms with van der Waals surface area (Å²) in [6, 6.07) is 9.12. The fourth-order valence-corrected chi connectivity index (χ4v) is 1.71. The molecule has 0 aliphatic heterocycles. The fourth-order valence-electron chi connectivity index (χ4n) is 1.36. The van der Waals surface area contributed by atoms with E-state index < -0.39 is 12.2 Å². The molecule has 15 heavy (non-hydrogen) atoms. The van der Waals surface area contributed by atoms with Gasteiger partial charge in [-0.05, 0) is 11.1 Å². The lowest BCUT2D eigenvalue weighted by atomic mass is 9.98. The van der Waals surface area contributed by atoms with Crippen molar-refractivity contribution in [3.63, 3.8) is 0 Å². The maximum absolute atomic E-state index is 9.81. The number of rotatable bonds is 4. The van der Waals surface area contributed by atoms with Gasteiger partial charge in [-0.2, -0.15) is 5.26 Å². The van der Waals surface area contributed by atoms with Crippen molar-refractivity contribution in [2.24, 2.45) is 0 Å². The Kier molecular flexibility index (Phi) is 4.76. The average Bonchev–Trinajstić information content (AvgIpc) is 2.28. The van der Waals surface area contributed by atoms with Crippen molar-refractivity contribution in [2.45, 2.75) is 18.6 Å². The average molecular weight is 270 g/mol. The van der Waals surface area contributed by atoms with E-state index in [1.807, 2.05) is 12.1 Å². The van der Waals surface area contributed by atoms with E-state index in [4.69, 9.17) is 5.26 Å². The molecule has 0 fully saturated rings. The van der Waals surface area contributed by atoms with Gasteiger partial charge in [-0.1, -0.05) is 40.2 Å². The second kappa shape index (κ2) is 5.86. The highest BCUT2D eigenvalue weighted by molar-refractivity contribution is 9.09. The van der Waals surface area contributed by atoms with Gasteiger partial charge in [0.15, 0.2) is 0 Å². The SMILES string of the molecule is N#CCc1ccccc1C(O)C(O)CBr. The van der Waals surface area contributed by atoms with Gasteiger partial charge in [-0.25, -0.2) is 0 Å². The maximum atomic E-state index is 9.81. The van der Waals surface area contributed by atoms with E-state index in [1.165, 1.54) is 0 Å². The Morgan fingerprint density at radius 2 is 2.00 bits per heavy atom. The van der Waals surface area contributed by atoms with Crippen molar-refractivity contribution in [1.82, 2.24) is 0 Å². The molecule has 0 saturated heterocycles. The summed E-state index contributed by atoms with van der Waals surface area (Å²) in [5, 5.41) is 28.2. The van der Waals surface area contributed by atoms with Gasteiger partial charge in [0.05, 0.1) is 18.6 Å². The number of hydrogen-bond donors (Lipinski definition) is 2. The summed E-state index contributed by atoms with van der Waals surface area (Å²) in [7, 11) is 0. The second-order valence-electron chi connectivity index (χ2n) is 3.20. The van der Waals surface area contributed by atoms with Crippen LogP contribution in [0.3, 0.4) is 0 Å². The first-order valence-electron chi connectivity index (χ1n) is 4.57. The zero-order chi connectivity index (χ0) is 11.3. The molecule has 1 aromatic rings. The van der Waals surface area contributed by atoms with Crippen molar-refractivity contribution in [3.05, 3.63) is 35.4 Å². The zero-order valence-corrected chi connectivity index (χ0v) is 9.68. The third kappa shape index (κ3) is 3.03. The Morgan fingerprint density at radius 3 is 2.60 bits per heavy atom. The number of benzene rings is 1. The maximum Gasteiger partial charge on any atom is 0.106 e. The van der Waals surface area contributed by atoms with Gasteiger partial charge >= 0.3 is 0 Å². The van der Waals surface area contributed by atoms with Crippen LogP contribution in [-0.4, -0.2) is 21.6 Å². The Hall–Kier alpha value is -0.890. The molecule has 2 N–H and O–H groups in total. The highest BCUT2D eigenvalue weighted by Gasteiger charge is 2.19. The zero-order valence-electron chi connectivity index (χ0n) is 8.10. The molecule has 1 aromatic carbocycles. The van der Waals surface area contributed by atoms with Crippen LogP contribution in [0.5, 0.6) is 0 Å². The van der Waals surface area contributed by atoms with E-state index in [0.29, 0.717) is 10.9 Å². The standard InChI is InChI=1S/C11H12BrNO2/c12-7-10(14)11(15)9-4-2-1-3-8(9)5-6-13/h1-4,10-11,14-15H,5,7H2. The van der Waals surface area contributed by atoms with Gasteiger partial charge in [0.2, 0.25) is 0 Å². The summed E-state index contributed by atoms with van der Waals surface area (Å²) in [6.07, 6.45) is -1.57. The number of alkyl halides is 1. The number of aliphatic hydroxyl groups is 2. The lowest BCUT2D eigenvalue weighted by Crippen LogP contribution is -2.20. The minimum atomic E-state index is -0.950. The molecule has 0 aliphatic rings. The molecule has 0 saturated carbocycles. The quantitative estimate of drug-likeness (QED) is 0.816. The van der Waals surface area contributed by atoms with Crippen LogP contribution in [0.1, 0.15) is 17.2 Å². The highest BCUT2D eigenvalue weighted by atomic mass is 79.9. The van der Waals surface area contributed by atoms with Crippen LogP contribution in [0.4, 0.5) is 0 Å². The lowest BCUT2D eigenvalue weighted by Gasteiger charge is -2.18. The number of hydrogen-bond acceptors (Lipinski definition) is 3. The van der Waals surface area contributed by atoms with Crippen molar-refractivity contribution in [2.75, 3.05) is 5.33 Å². The topological polar surface area (TPSA) is 64.2 Å². The molecular formula is C11H12BrNO2. The summed E-state index contributed by atoms with van der Waals surface area (Å²) >= 11 is 3.10. The Morgan fingerprint density at radius 1 is 1.33 bits per heavy atom. The molecule has 3 nitrogen and oxygen atoms in total. The molecule has 2 atom stereocenters. The molecule has 0 radical (unpaired) electrons. The van der Waals surface area contributed by atoms with E-state index in [-0.39, 0.29) is 6.42 Å². The molecule has 0 spiro atoms. The molecule has 1 rings (SSSR count). The normalized spacial score (nSPS) is 14.3. The smallest absolute Gasteiger partial charge is 0.106 e. The van der Waals surface area contributed by atoms with Crippen molar-refractivity contribution in [1.29, 1.82) is 5.26 Å². The van der Waals surface area contributed by atoms with Gasteiger partial charge < -0.3 is 10.2 Å². The van der Waals surface area contributed by atoms with E-state index in [9.17, 15) is 10.2 Å². The predicted molar refractivity (Wildman–Crippen MR) is 60.5 cm³/mol. The molecule has 0 aliphatic carbocycles. The van der Waals surface area contributed by atoms with Gasteiger partial charge in [0, 0.05) is 5.33 Å². The fraction of sp³-hybridized carbons (Fsp3) is 0.364. The third-order valence-corrected chi connectivity index (χ3v) is 2.83. The summed E-state index contributed by atoms with van der Waals surface area (Å²) in [5.41, 5.74) is 1.37. The summed E-state index contributed by atoms with van der Waals surface area (Å²) in [6.45, 7) is 0. The van der Waals surface area contributed by atoms with Crippen LogP contribution in [0, 0.1) is 11.3 Å². The Balaban J connectivity index is 2.97. The number of nitriles is 1. The molecule has 0 aromatic heterocycles. The largest absolute Gasteiger partial charge is 0.389 e. The van der Waals surface area contributed by atoms with Gasteiger partial charge in [0.1, 0.15) is 6.10 Å². The summed E-state index contributed by atoms with van der Waals surface area (Å²) in [4.78, 5) is 0. The first-order valence-corrected chi connectivity index (χ1v) is 5.69. The number of halogens is 1. The Labute approximate surface area is 97.1 Å². The molecule has 2 unspecified atom stereocenters. The molecule has 4 heteroatoms. The minimum Gasteiger partial charge on any atom is -0.389 e. The molecule has 80 valence electrons. The van der Waals surface area contributed by atoms with Gasteiger partial charge in [0.25, 0.3) is 0 Å². The first-order chi connectivity index (χ1) is 7.20. The van der Waals surface area contributed by atoms with Crippen LogP contribution in [0.2, 0.25) is 0 Å². The number of nitrogens with zero attached hydrogens (tertiary/aromatic N) is 1. The Bertz CT molecular complexity index is 362. The van der Waals surface area contributed by atoms with E-state index in [1.54, 1.807) is 18.2 Å². The number of aliphatic hydroxyl groups excluding tert-OH is 2. The van der Waals surface area contributed by atoms with Crippen molar-refractivity contribution >= 4 is 15.9 Å². The first kappa shape index (κ1) is 12.2. The minimum absolute atomic E-state index is 0.238. The van der Waals surface area contributed by atoms with E-state index in [2.05, 4.69) is 15.9 Å². The molecule has 0 heterocycles. The van der Waals surface area contributed by atoms with Crippen LogP contribution >= 0.6 is 15.9 Å². The monoisotopic (exact) mass is 269 g/mol. The highest BCUT2D eigenvalue weighted by Crippen LogP contribution is 2.22. The second-order valence-corrected chi connectivity index (χ2v) is 3.85. The van der Waals surface area contributed by atoms with Crippen LogP contribution in [0.25, 0.3) is 0 Å². The lowest BCUT2D eigenvalue weighted by molar-refractivity contribution is 0.0338. The van der Waals surface area contributed by atoms with Crippen LogP contribution < -0.4 is 0 Å².